The van der Waals surface area contributed by atoms with Crippen LogP contribution in [0.5, 0.6) is 0 Å². The molecule has 1 heterocycles. The Labute approximate surface area is 296 Å². The average Bonchev–Trinajstić information content (AvgIpc) is 3.09. The Kier molecular flexibility index (Phi) is 8.99. The molecule has 6 heteroatoms. The quantitative estimate of drug-likeness (QED) is 0.254. The van der Waals surface area contributed by atoms with Gasteiger partial charge in [-0.05, 0) is 121 Å². The Morgan fingerprint density at radius 2 is 1.57 bits per heavy atom. The van der Waals surface area contributed by atoms with E-state index >= 15 is 0 Å². The number of hydrogen-bond acceptors (Lipinski definition) is 5. The largest absolute Gasteiger partial charge is 0.464 e. The van der Waals surface area contributed by atoms with Crippen LogP contribution in [0.4, 0.5) is 0 Å². The highest BCUT2D eigenvalue weighted by atomic mass is 16.5. The third-order valence-corrected chi connectivity index (χ3v) is 16.7. The molecule has 4 saturated carbocycles. The van der Waals surface area contributed by atoms with Gasteiger partial charge in [-0.2, -0.15) is 0 Å². The number of allylic oxidation sites excluding steroid dienone is 2. The number of nitrogens with zero attached hydrogens (tertiary/aromatic N) is 2. The molecule has 0 radical (unpaired) electrons. The maximum atomic E-state index is 14.5. The summed E-state index contributed by atoms with van der Waals surface area (Å²) in [7, 11) is 0. The standard InChI is InChI=1S/C43H64N2O4/c1-29-15-20-43(38(48)49-28-27-44-23-25-45(26-24-44)37(47)31-11-9-8-10-12-31)22-21-41(6)32(36(43)30(29)2)13-14-34-40(5)18-17-35(46)39(3,4)33(40)16-19-42(34,41)7/h8-13,29-30,33-36,46H,14-28H2,1-7H3/t29-,30+,33+,34-,35+,36+,40+,41-,42-,43+/m1/s1. The van der Waals surface area contributed by atoms with E-state index in [1.165, 1.54) is 12.8 Å². The third-order valence-electron chi connectivity index (χ3n) is 16.7. The maximum absolute atomic E-state index is 14.5. The van der Waals surface area contributed by atoms with Crippen molar-refractivity contribution in [2.24, 2.45) is 56.7 Å². The van der Waals surface area contributed by atoms with Crippen molar-refractivity contribution in [3.63, 3.8) is 0 Å². The predicted molar refractivity (Wildman–Crippen MR) is 195 cm³/mol. The second-order valence-electron chi connectivity index (χ2n) is 18.8. The smallest absolute Gasteiger partial charge is 0.312 e. The van der Waals surface area contributed by atoms with Crippen molar-refractivity contribution in [1.82, 2.24) is 9.80 Å². The highest BCUT2D eigenvalue weighted by Crippen LogP contribution is 2.75. The van der Waals surface area contributed by atoms with Crippen molar-refractivity contribution in [3.05, 3.63) is 47.5 Å². The van der Waals surface area contributed by atoms with E-state index in [4.69, 9.17) is 4.74 Å². The number of carbonyl (C=O) groups excluding carboxylic acids is 2. The van der Waals surface area contributed by atoms with Crippen molar-refractivity contribution in [1.29, 1.82) is 0 Å². The molecular formula is C43H64N2O4. The zero-order valence-electron chi connectivity index (χ0n) is 31.6. The first-order valence-corrected chi connectivity index (χ1v) is 19.8. The van der Waals surface area contributed by atoms with Crippen LogP contribution in [0.2, 0.25) is 0 Å². The van der Waals surface area contributed by atoms with E-state index in [0.717, 1.165) is 70.1 Å². The van der Waals surface area contributed by atoms with Gasteiger partial charge in [0.05, 0.1) is 11.5 Å². The molecule has 10 atom stereocenters. The fraction of sp³-hybridized carbons (Fsp3) is 0.767. The molecule has 7 rings (SSSR count). The second-order valence-corrected chi connectivity index (χ2v) is 18.8. The Hall–Kier alpha value is -2.18. The molecule has 1 amide bonds. The minimum Gasteiger partial charge on any atom is -0.464 e. The van der Waals surface area contributed by atoms with Gasteiger partial charge in [0.15, 0.2) is 0 Å². The number of rotatable bonds is 5. The molecule has 270 valence electrons. The molecule has 0 aromatic heterocycles. The van der Waals surface area contributed by atoms with Gasteiger partial charge in [0.2, 0.25) is 0 Å². The topological polar surface area (TPSA) is 70.1 Å². The van der Waals surface area contributed by atoms with E-state index in [-0.39, 0.29) is 45.6 Å². The summed E-state index contributed by atoms with van der Waals surface area (Å²) in [5.41, 5.74) is 2.33. The second kappa shape index (κ2) is 12.5. The summed E-state index contributed by atoms with van der Waals surface area (Å²) in [5, 5.41) is 11.1. The van der Waals surface area contributed by atoms with Crippen molar-refractivity contribution < 1.29 is 19.4 Å². The van der Waals surface area contributed by atoms with Crippen LogP contribution in [0, 0.1) is 56.7 Å². The first kappa shape index (κ1) is 35.2. The van der Waals surface area contributed by atoms with Crippen LogP contribution < -0.4 is 0 Å². The molecule has 1 aliphatic heterocycles. The summed E-state index contributed by atoms with van der Waals surface area (Å²) in [6.07, 6.45) is 12.0. The van der Waals surface area contributed by atoms with Crippen LogP contribution in [0.3, 0.4) is 0 Å². The Morgan fingerprint density at radius 1 is 0.857 bits per heavy atom. The van der Waals surface area contributed by atoms with Gasteiger partial charge in [0.1, 0.15) is 6.61 Å². The molecule has 0 unspecified atom stereocenters. The van der Waals surface area contributed by atoms with Gasteiger partial charge < -0.3 is 14.7 Å². The highest BCUT2D eigenvalue weighted by Gasteiger charge is 2.69. The lowest BCUT2D eigenvalue weighted by atomic mass is 9.33. The predicted octanol–water partition coefficient (Wildman–Crippen LogP) is 8.01. The fourth-order valence-electron chi connectivity index (χ4n) is 13.2. The number of aliphatic hydroxyl groups is 1. The molecule has 5 aliphatic carbocycles. The molecule has 49 heavy (non-hydrogen) atoms. The lowest BCUT2D eigenvalue weighted by molar-refractivity contribution is -0.207. The molecule has 6 aliphatic rings. The average molecular weight is 673 g/mol. The molecule has 5 fully saturated rings. The van der Waals surface area contributed by atoms with Crippen molar-refractivity contribution >= 4 is 11.9 Å². The molecule has 1 saturated heterocycles. The van der Waals surface area contributed by atoms with Crippen LogP contribution in [0.25, 0.3) is 0 Å². The van der Waals surface area contributed by atoms with Crippen molar-refractivity contribution in [3.8, 4) is 0 Å². The SMILES string of the molecule is C[C@H]1[C@H](C)CC[C@]2(C(=O)OCCN3CCN(C(=O)c4ccccc4)CC3)CC[C@]3(C)C(=CC[C@@H]4[C@@]5(C)CC[C@H](O)C(C)(C)[C@@H]5CC[C@]43C)[C@H]12. The van der Waals surface area contributed by atoms with E-state index in [1.54, 1.807) is 5.57 Å². The van der Waals surface area contributed by atoms with Gasteiger partial charge in [0, 0.05) is 38.3 Å². The molecule has 0 bridgehead atoms. The van der Waals surface area contributed by atoms with Crippen LogP contribution in [-0.4, -0.2) is 72.2 Å². The summed E-state index contributed by atoms with van der Waals surface area (Å²) in [6, 6.07) is 9.55. The van der Waals surface area contributed by atoms with Crippen LogP contribution in [-0.2, 0) is 9.53 Å². The number of hydrogen-bond donors (Lipinski definition) is 1. The van der Waals surface area contributed by atoms with E-state index < -0.39 is 5.41 Å². The zero-order chi connectivity index (χ0) is 35.0. The third kappa shape index (κ3) is 5.30. The molecule has 1 aromatic rings. The van der Waals surface area contributed by atoms with Gasteiger partial charge >= 0.3 is 5.97 Å². The molecule has 0 spiro atoms. The summed E-state index contributed by atoms with van der Waals surface area (Å²) in [5.74, 6) is 2.55. The van der Waals surface area contributed by atoms with Gasteiger partial charge in [-0.15, -0.1) is 0 Å². The minimum atomic E-state index is -0.431. The monoisotopic (exact) mass is 672 g/mol. The van der Waals surface area contributed by atoms with Gasteiger partial charge in [-0.3, -0.25) is 14.5 Å². The number of esters is 1. The van der Waals surface area contributed by atoms with Crippen molar-refractivity contribution in [2.75, 3.05) is 39.3 Å². The Bertz CT molecular complexity index is 1450. The Balaban J connectivity index is 1.06. The normalized spacial score (nSPS) is 43.3. The lowest BCUT2D eigenvalue weighted by Gasteiger charge is -2.71. The lowest BCUT2D eigenvalue weighted by Crippen LogP contribution is -2.65. The van der Waals surface area contributed by atoms with Crippen LogP contribution >= 0.6 is 0 Å². The molecule has 6 nitrogen and oxygen atoms in total. The first-order chi connectivity index (χ1) is 23.2. The number of amides is 1. The van der Waals surface area contributed by atoms with Gasteiger partial charge in [-0.25, -0.2) is 0 Å². The van der Waals surface area contributed by atoms with Crippen molar-refractivity contribution in [2.45, 2.75) is 112 Å². The van der Waals surface area contributed by atoms with Gasteiger partial charge in [0.25, 0.3) is 5.91 Å². The summed E-state index contributed by atoms with van der Waals surface area (Å²) >= 11 is 0. The van der Waals surface area contributed by atoms with E-state index in [0.29, 0.717) is 43.4 Å². The van der Waals surface area contributed by atoms with Gasteiger partial charge in [-0.1, -0.05) is 78.3 Å². The summed E-state index contributed by atoms with van der Waals surface area (Å²) in [4.78, 5) is 31.7. The molecule has 1 N–H and O–H groups in total. The first-order valence-electron chi connectivity index (χ1n) is 19.8. The van der Waals surface area contributed by atoms with E-state index in [2.05, 4.69) is 59.4 Å². The van der Waals surface area contributed by atoms with Crippen LogP contribution in [0.15, 0.2) is 42.0 Å². The van der Waals surface area contributed by atoms with Crippen LogP contribution in [0.1, 0.15) is 117 Å². The number of fused-ring (bicyclic) bond motifs is 7. The van der Waals surface area contributed by atoms with E-state index in [9.17, 15) is 14.7 Å². The van der Waals surface area contributed by atoms with E-state index in [1.807, 2.05) is 35.2 Å². The summed E-state index contributed by atoms with van der Waals surface area (Å²) < 4.78 is 6.32. The maximum Gasteiger partial charge on any atom is 0.312 e. The molecule has 1 aromatic carbocycles. The number of piperazine rings is 1. The highest BCUT2D eigenvalue weighted by molar-refractivity contribution is 5.94. The zero-order valence-corrected chi connectivity index (χ0v) is 31.6. The number of benzene rings is 1. The summed E-state index contributed by atoms with van der Waals surface area (Å²) in [6.45, 7) is 21.4. The number of carbonyl (C=O) groups is 2. The fourth-order valence-corrected chi connectivity index (χ4v) is 13.2. The number of aliphatic hydroxyl groups excluding tert-OH is 1. The minimum absolute atomic E-state index is 0.0445. The molecular weight excluding hydrogens is 608 g/mol. The number of ether oxygens (including phenoxy) is 1. The Morgan fingerprint density at radius 3 is 2.29 bits per heavy atom.